The van der Waals surface area contributed by atoms with E-state index in [0.717, 1.165) is 51.4 Å². The second-order valence-corrected chi connectivity index (χ2v) is 16.3. The second kappa shape index (κ2) is 49.0. The van der Waals surface area contributed by atoms with E-state index in [-0.39, 0.29) is 25.2 Å². The summed E-state index contributed by atoms with van der Waals surface area (Å²) in [5.74, 6) is -0.487. The average Bonchev–Trinajstić information content (AvgIpc) is 3.22. The summed E-state index contributed by atoms with van der Waals surface area (Å²) in [6, 6.07) is 0. The number of rotatable bonds is 45. The number of unbranched alkanes of at least 4 members (excludes halogenated alkanes) is 24. The molecule has 336 valence electrons. The van der Waals surface area contributed by atoms with Crippen molar-refractivity contribution in [3.05, 3.63) is 60.8 Å². The van der Waals surface area contributed by atoms with Crippen molar-refractivity contribution in [3.63, 3.8) is 0 Å². The number of esters is 2. The number of carbonyl (C=O) groups excluding carboxylic acids is 2. The standard InChI is InChI=1S/C53H94O5/c1-4-7-10-13-16-19-22-25-26-27-28-30-31-34-37-40-43-46-52(54)57-50-51(49-56-48-45-42-39-36-33-24-21-18-15-12-9-6-3)58-53(55)47-44-41-38-35-32-29-23-20-17-14-11-8-5-2/h8,11,15,17-18,20,29,32,38,41,51H,4-7,9-10,12-14,16,19,21-28,30-31,33-37,39-40,42-50H2,1-3H3/b11-8-,18-15-,20-17-,32-29-,41-38-. The lowest BCUT2D eigenvalue weighted by Crippen LogP contribution is -2.30. The van der Waals surface area contributed by atoms with Crippen molar-refractivity contribution in [3.8, 4) is 0 Å². The quantitative estimate of drug-likeness (QED) is 0.0348. The van der Waals surface area contributed by atoms with Gasteiger partial charge in [0.25, 0.3) is 0 Å². The summed E-state index contributed by atoms with van der Waals surface area (Å²) >= 11 is 0. The number of hydrogen-bond acceptors (Lipinski definition) is 5. The van der Waals surface area contributed by atoms with Gasteiger partial charge in [0.05, 0.1) is 6.61 Å². The van der Waals surface area contributed by atoms with Crippen molar-refractivity contribution in [1.82, 2.24) is 0 Å². The first kappa shape index (κ1) is 55.6. The molecule has 0 bridgehead atoms. The molecule has 0 aliphatic rings. The maximum atomic E-state index is 12.7. The Morgan fingerprint density at radius 1 is 0.397 bits per heavy atom. The minimum Gasteiger partial charge on any atom is -0.462 e. The lowest BCUT2D eigenvalue weighted by Gasteiger charge is -2.18. The van der Waals surface area contributed by atoms with Gasteiger partial charge in [0.1, 0.15) is 6.61 Å². The third-order valence-corrected chi connectivity index (χ3v) is 10.6. The van der Waals surface area contributed by atoms with E-state index >= 15 is 0 Å². The van der Waals surface area contributed by atoms with Crippen LogP contribution in [0.5, 0.6) is 0 Å². The van der Waals surface area contributed by atoms with E-state index in [2.05, 4.69) is 75.5 Å². The third-order valence-electron chi connectivity index (χ3n) is 10.6. The molecule has 0 radical (unpaired) electrons. The van der Waals surface area contributed by atoms with Gasteiger partial charge in [-0.25, -0.2) is 0 Å². The number of hydrogen-bond donors (Lipinski definition) is 0. The molecule has 0 saturated heterocycles. The zero-order valence-corrected chi connectivity index (χ0v) is 38.6. The van der Waals surface area contributed by atoms with Gasteiger partial charge in [-0.1, -0.05) is 223 Å². The Kier molecular flexibility index (Phi) is 46.9. The Hall–Kier alpha value is -2.40. The summed E-state index contributed by atoms with van der Waals surface area (Å²) in [6.45, 7) is 7.61. The van der Waals surface area contributed by atoms with Crippen LogP contribution >= 0.6 is 0 Å². The molecule has 0 aromatic rings. The van der Waals surface area contributed by atoms with E-state index in [1.165, 1.54) is 148 Å². The molecule has 0 aliphatic carbocycles. The maximum absolute atomic E-state index is 12.7. The van der Waals surface area contributed by atoms with Crippen molar-refractivity contribution in [1.29, 1.82) is 0 Å². The van der Waals surface area contributed by atoms with Crippen LogP contribution in [0.3, 0.4) is 0 Å². The lowest BCUT2D eigenvalue weighted by molar-refractivity contribution is -0.162. The highest BCUT2D eigenvalue weighted by atomic mass is 16.6. The van der Waals surface area contributed by atoms with Crippen molar-refractivity contribution >= 4 is 11.9 Å². The highest BCUT2D eigenvalue weighted by molar-refractivity contribution is 5.70. The van der Waals surface area contributed by atoms with Crippen LogP contribution in [0, 0.1) is 0 Å². The third kappa shape index (κ3) is 46.3. The summed E-state index contributed by atoms with van der Waals surface area (Å²) in [7, 11) is 0. The SMILES string of the molecule is CC/C=C\C/C=C\C/C=C\C/C=C\CCC(=O)OC(COCCCCCCCC/C=C\CCCC)COC(=O)CCCCCCCCCCCCCCCCCCC. The predicted molar refractivity (Wildman–Crippen MR) is 251 cm³/mol. The van der Waals surface area contributed by atoms with Crippen molar-refractivity contribution in [2.75, 3.05) is 19.8 Å². The van der Waals surface area contributed by atoms with Crippen LogP contribution in [0.1, 0.15) is 239 Å². The smallest absolute Gasteiger partial charge is 0.306 e. The molecule has 5 heteroatoms. The summed E-state index contributed by atoms with van der Waals surface area (Å²) in [6.07, 6.45) is 61.0. The summed E-state index contributed by atoms with van der Waals surface area (Å²) in [5, 5.41) is 0. The normalized spacial score (nSPS) is 12.7. The largest absolute Gasteiger partial charge is 0.462 e. The topological polar surface area (TPSA) is 61.8 Å². The van der Waals surface area contributed by atoms with E-state index in [1.54, 1.807) is 0 Å². The molecule has 0 spiro atoms. The fraction of sp³-hybridized carbons (Fsp3) is 0.774. The Morgan fingerprint density at radius 3 is 1.36 bits per heavy atom. The molecular formula is C53H94O5. The van der Waals surface area contributed by atoms with Gasteiger partial charge >= 0.3 is 11.9 Å². The van der Waals surface area contributed by atoms with Gasteiger partial charge in [-0.2, -0.15) is 0 Å². The van der Waals surface area contributed by atoms with Gasteiger partial charge < -0.3 is 14.2 Å². The lowest BCUT2D eigenvalue weighted by atomic mass is 10.0. The second-order valence-electron chi connectivity index (χ2n) is 16.3. The van der Waals surface area contributed by atoms with Crippen LogP contribution in [0.4, 0.5) is 0 Å². The zero-order chi connectivity index (χ0) is 42.1. The minimum atomic E-state index is -0.574. The molecule has 0 aliphatic heterocycles. The van der Waals surface area contributed by atoms with E-state index in [4.69, 9.17) is 14.2 Å². The average molecular weight is 811 g/mol. The zero-order valence-electron chi connectivity index (χ0n) is 38.6. The molecule has 0 aromatic carbocycles. The highest BCUT2D eigenvalue weighted by Gasteiger charge is 2.17. The molecule has 0 fully saturated rings. The number of ether oxygens (including phenoxy) is 3. The van der Waals surface area contributed by atoms with Crippen molar-refractivity contribution < 1.29 is 23.8 Å². The van der Waals surface area contributed by atoms with E-state index < -0.39 is 6.10 Å². The van der Waals surface area contributed by atoms with E-state index in [1.807, 2.05) is 6.08 Å². The van der Waals surface area contributed by atoms with Gasteiger partial charge in [0.15, 0.2) is 6.10 Å². The fourth-order valence-electron chi connectivity index (χ4n) is 6.86. The van der Waals surface area contributed by atoms with Crippen LogP contribution in [0.25, 0.3) is 0 Å². The molecule has 1 unspecified atom stereocenters. The van der Waals surface area contributed by atoms with Gasteiger partial charge in [0.2, 0.25) is 0 Å². The summed E-state index contributed by atoms with van der Waals surface area (Å²) < 4.78 is 17.3. The van der Waals surface area contributed by atoms with E-state index in [9.17, 15) is 9.59 Å². The maximum Gasteiger partial charge on any atom is 0.306 e. The van der Waals surface area contributed by atoms with Crippen LogP contribution in [-0.4, -0.2) is 37.9 Å². The number of carbonyl (C=O) groups is 2. The Balaban J connectivity index is 4.29. The monoisotopic (exact) mass is 811 g/mol. The molecule has 1 atom stereocenters. The van der Waals surface area contributed by atoms with Gasteiger partial charge in [0, 0.05) is 19.4 Å². The molecule has 0 heterocycles. The Labute approximate surface area is 360 Å². The Bertz CT molecular complexity index is 1010. The van der Waals surface area contributed by atoms with Gasteiger partial charge in [-0.15, -0.1) is 0 Å². The van der Waals surface area contributed by atoms with E-state index in [0.29, 0.717) is 25.9 Å². The van der Waals surface area contributed by atoms with Crippen LogP contribution < -0.4 is 0 Å². The molecule has 58 heavy (non-hydrogen) atoms. The van der Waals surface area contributed by atoms with Gasteiger partial charge in [-0.3, -0.25) is 9.59 Å². The van der Waals surface area contributed by atoms with Crippen molar-refractivity contribution in [2.45, 2.75) is 245 Å². The molecular weight excluding hydrogens is 717 g/mol. The molecule has 0 rings (SSSR count). The predicted octanol–water partition coefficient (Wildman–Crippen LogP) is 16.6. The highest BCUT2D eigenvalue weighted by Crippen LogP contribution is 2.15. The first-order valence-electron chi connectivity index (χ1n) is 24.8. The summed E-state index contributed by atoms with van der Waals surface area (Å²) in [4.78, 5) is 25.3. The van der Waals surface area contributed by atoms with Gasteiger partial charge in [-0.05, 0) is 64.2 Å². The number of allylic oxidation sites excluding steroid dienone is 10. The van der Waals surface area contributed by atoms with Crippen LogP contribution in [0.2, 0.25) is 0 Å². The Morgan fingerprint density at radius 2 is 0.828 bits per heavy atom. The molecule has 0 saturated carbocycles. The fourth-order valence-corrected chi connectivity index (χ4v) is 6.86. The van der Waals surface area contributed by atoms with Crippen molar-refractivity contribution in [2.24, 2.45) is 0 Å². The van der Waals surface area contributed by atoms with Crippen LogP contribution in [-0.2, 0) is 23.8 Å². The molecule has 5 nitrogen and oxygen atoms in total. The first-order chi connectivity index (χ1) is 28.6. The van der Waals surface area contributed by atoms with Crippen LogP contribution in [0.15, 0.2) is 60.8 Å². The first-order valence-corrected chi connectivity index (χ1v) is 24.8. The molecule has 0 aromatic heterocycles. The minimum absolute atomic E-state index is 0.0559. The summed E-state index contributed by atoms with van der Waals surface area (Å²) in [5.41, 5.74) is 0. The molecule has 0 N–H and O–H groups in total. The molecule has 0 amide bonds.